The quantitative estimate of drug-likeness (QED) is 0.476. The summed E-state index contributed by atoms with van der Waals surface area (Å²) in [5.41, 5.74) is -0.0828. The van der Waals surface area contributed by atoms with Gasteiger partial charge in [0.25, 0.3) is 17.3 Å². The van der Waals surface area contributed by atoms with Gasteiger partial charge in [-0.2, -0.15) is 0 Å². The summed E-state index contributed by atoms with van der Waals surface area (Å²) in [5, 5.41) is 23.0. The Morgan fingerprint density at radius 3 is 2.17 bits per heavy atom. The first-order valence-electron chi connectivity index (χ1n) is 8.76. The zero-order chi connectivity index (χ0) is 20.5. The molecule has 0 N–H and O–H groups in total. The molecule has 1 aliphatic heterocycles. The maximum Gasteiger partial charge on any atom is 0.277 e. The molecule has 11 heteroatoms. The maximum atomic E-state index is 12.8. The second kappa shape index (κ2) is 7.43. The Labute approximate surface area is 168 Å². The van der Waals surface area contributed by atoms with E-state index in [2.05, 4.69) is 9.88 Å². The highest BCUT2D eigenvalue weighted by molar-refractivity contribution is 7.22. The number of anilines is 1. The van der Waals surface area contributed by atoms with Crippen LogP contribution in [0.15, 0.2) is 42.5 Å². The Balaban J connectivity index is 1.50. The molecular formula is C18H15N5O5S. The topological polar surface area (TPSA) is 123 Å². The number of nitro benzene ring substituents is 2. The Bertz CT molecular complexity index is 1060. The number of nitrogens with zero attached hydrogens (tertiary/aromatic N) is 5. The van der Waals surface area contributed by atoms with Gasteiger partial charge in [-0.05, 0) is 12.1 Å². The molecule has 0 spiro atoms. The number of aromatic nitrogens is 1. The lowest BCUT2D eigenvalue weighted by Gasteiger charge is -2.34. The highest BCUT2D eigenvalue weighted by atomic mass is 32.1. The minimum absolute atomic E-state index is 0.0562. The van der Waals surface area contributed by atoms with E-state index in [9.17, 15) is 25.0 Å². The molecule has 1 aliphatic rings. The first-order chi connectivity index (χ1) is 13.9. The smallest absolute Gasteiger partial charge is 0.277 e. The number of piperazine rings is 1. The Hall–Kier alpha value is -3.60. The van der Waals surface area contributed by atoms with Crippen molar-refractivity contribution >= 4 is 44.0 Å². The molecule has 0 aliphatic carbocycles. The first-order valence-corrected chi connectivity index (χ1v) is 9.58. The number of hydrogen-bond acceptors (Lipinski definition) is 8. The summed E-state index contributed by atoms with van der Waals surface area (Å²) in [4.78, 5) is 41.6. The molecule has 1 fully saturated rings. The lowest BCUT2D eigenvalue weighted by molar-refractivity contribution is -0.394. The molecule has 2 aromatic carbocycles. The Morgan fingerprint density at radius 1 is 0.966 bits per heavy atom. The number of benzene rings is 2. The molecular weight excluding hydrogens is 398 g/mol. The second-order valence-electron chi connectivity index (χ2n) is 6.50. The van der Waals surface area contributed by atoms with Crippen molar-refractivity contribution in [2.75, 3.05) is 31.1 Å². The molecule has 3 aromatic rings. The van der Waals surface area contributed by atoms with Gasteiger partial charge in [-0.1, -0.05) is 23.5 Å². The van der Waals surface area contributed by atoms with Gasteiger partial charge in [0.05, 0.1) is 31.7 Å². The minimum Gasteiger partial charge on any atom is -0.345 e. The van der Waals surface area contributed by atoms with Crippen LogP contribution in [-0.4, -0.2) is 51.8 Å². The molecule has 4 rings (SSSR count). The van der Waals surface area contributed by atoms with Crippen LogP contribution < -0.4 is 4.90 Å². The molecule has 10 nitrogen and oxygen atoms in total. The number of carbonyl (C=O) groups excluding carboxylic acids is 1. The van der Waals surface area contributed by atoms with Crippen molar-refractivity contribution in [2.45, 2.75) is 0 Å². The molecule has 2 heterocycles. The molecule has 1 amide bonds. The van der Waals surface area contributed by atoms with Crippen LogP contribution in [0.4, 0.5) is 16.5 Å². The molecule has 0 unspecified atom stereocenters. The summed E-state index contributed by atoms with van der Waals surface area (Å²) < 4.78 is 1.09. The predicted molar refractivity (Wildman–Crippen MR) is 107 cm³/mol. The van der Waals surface area contributed by atoms with Gasteiger partial charge in [-0.25, -0.2) is 4.98 Å². The zero-order valence-electron chi connectivity index (χ0n) is 15.1. The molecule has 1 saturated heterocycles. The fourth-order valence-corrected chi connectivity index (χ4v) is 4.23. The summed E-state index contributed by atoms with van der Waals surface area (Å²) >= 11 is 1.58. The third-order valence-electron chi connectivity index (χ3n) is 4.69. The van der Waals surface area contributed by atoms with E-state index >= 15 is 0 Å². The molecule has 0 radical (unpaired) electrons. The average molecular weight is 413 g/mol. The van der Waals surface area contributed by atoms with Crippen LogP contribution in [0.25, 0.3) is 10.2 Å². The fourth-order valence-electron chi connectivity index (χ4n) is 3.21. The van der Waals surface area contributed by atoms with Gasteiger partial charge in [0, 0.05) is 38.3 Å². The van der Waals surface area contributed by atoms with Crippen molar-refractivity contribution in [3.63, 3.8) is 0 Å². The molecule has 1 aromatic heterocycles. The number of hydrogen-bond donors (Lipinski definition) is 0. The monoisotopic (exact) mass is 413 g/mol. The van der Waals surface area contributed by atoms with Gasteiger partial charge < -0.3 is 9.80 Å². The van der Waals surface area contributed by atoms with Crippen LogP contribution >= 0.6 is 11.3 Å². The molecule has 148 valence electrons. The summed E-state index contributed by atoms with van der Waals surface area (Å²) in [5.74, 6) is -0.458. The van der Waals surface area contributed by atoms with Crippen LogP contribution in [0, 0.1) is 20.2 Å². The van der Waals surface area contributed by atoms with E-state index in [1.807, 2.05) is 24.3 Å². The van der Waals surface area contributed by atoms with Crippen LogP contribution in [-0.2, 0) is 0 Å². The number of thiazole rings is 1. The first kappa shape index (κ1) is 18.7. The van der Waals surface area contributed by atoms with Crippen molar-refractivity contribution in [3.8, 4) is 0 Å². The largest absolute Gasteiger partial charge is 0.345 e. The van der Waals surface area contributed by atoms with Crippen LogP contribution in [0.5, 0.6) is 0 Å². The van der Waals surface area contributed by atoms with E-state index in [-0.39, 0.29) is 5.56 Å². The predicted octanol–water partition coefficient (Wildman–Crippen LogP) is 3.08. The molecule has 0 atom stereocenters. The minimum atomic E-state index is -0.741. The van der Waals surface area contributed by atoms with Crippen molar-refractivity contribution in [3.05, 3.63) is 68.3 Å². The van der Waals surface area contributed by atoms with E-state index in [1.165, 1.54) is 0 Å². The normalized spacial score (nSPS) is 14.2. The van der Waals surface area contributed by atoms with Crippen LogP contribution in [0.3, 0.4) is 0 Å². The Kier molecular flexibility index (Phi) is 4.80. The number of carbonyl (C=O) groups is 1. The molecule has 0 saturated carbocycles. The van der Waals surface area contributed by atoms with E-state index < -0.39 is 27.1 Å². The van der Waals surface area contributed by atoms with Crippen LogP contribution in [0.2, 0.25) is 0 Å². The third kappa shape index (κ3) is 3.72. The molecule has 0 bridgehead atoms. The highest BCUT2D eigenvalue weighted by Gasteiger charge is 2.27. The van der Waals surface area contributed by atoms with Crippen LogP contribution in [0.1, 0.15) is 10.4 Å². The number of fused-ring (bicyclic) bond motifs is 1. The standard InChI is InChI=1S/C18H15N5O5S/c24-17(12-9-13(22(25)26)11-14(10-12)23(27)28)20-5-7-21(8-6-20)18-19-15-3-1-2-4-16(15)29-18/h1-4,9-11H,5-8H2. The second-order valence-corrected chi connectivity index (χ2v) is 7.50. The van der Waals surface area contributed by atoms with Crippen molar-refractivity contribution < 1.29 is 14.6 Å². The summed E-state index contributed by atoms with van der Waals surface area (Å²) in [6.45, 7) is 1.90. The maximum absolute atomic E-state index is 12.8. The van der Waals surface area contributed by atoms with E-state index in [0.717, 1.165) is 33.5 Å². The number of nitro groups is 2. The lowest BCUT2D eigenvalue weighted by atomic mass is 10.1. The zero-order valence-corrected chi connectivity index (χ0v) is 15.9. The number of para-hydroxylation sites is 1. The fraction of sp³-hybridized carbons (Fsp3) is 0.222. The van der Waals surface area contributed by atoms with Crippen molar-refractivity contribution in [1.82, 2.24) is 9.88 Å². The average Bonchev–Trinajstić information content (AvgIpc) is 3.17. The number of rotatable bonds is 4. The van der Waals surface area contributed by atoms with E-state index in [4.69, 9.17) is 0 Å². The van der Waals surface area contributed by atoms with E-state index in [1.54, 1.807) is 16.2 Å². The summed E-state index contributed by atoms with van der Waals surface area (Å²) in [6, 6.07) is 10.8. The van der Waals surface area contributed by atoms with Gasteiger partial charge in [0.2, 0.25) is 0 Å². The SMILES string of the molecule is O=C(c1cc([N+](=O)[O-])cc([N+](=O)[O-])c1)N1CCN(c2nc3ccccc3s2)CC1. The van der Waals surface area contributed by atoms with Crippen molar-refractivity contribution in [2.24, 2.45) is 0 Å². The number of amides is 1. The number of non-ortho nitro benzene ring substituents is 2. The van der Waals surface area contributed by atoms with Gasteiger partial charge in [-0.15, -0.1) is 0 Å². The van der Waals surface area contributed by atoms with E-state index in [0.29, 0.717) is 26.2 Å². The van der Waals surface area contributed by atoms with Gasteiger partial charge in [0.1, 0.15) is 0 Å². The lowest BCUT2D eigenvalue weighted by Crippen LogP contribution is -2.48. The van der Waals surface area contributed by atoms with Gasteiger partial charge >= 0.3 is 0 Å². The van der Waals surface area contributed by atoms with Crippen molar-refractivity contribution in [1.29, 1.82) is 0 Å². The third-order valence-corrected chi connectivity index (χ3v) is 5.79. The summed E-state index contributed by atoms with van der Waals surface area (Å²) in [7, 11) is 0. The van der Waals surface area contributed by atoms with Gasteiger partial charge in [-0.3, -0.25) is 25.0 Å². The Morgan fingerprint density at radius 2 is 1.59 bits per heavy atom. The molecule has 29 heavy (non-hydrogen) atoms. The highest BCUT2D eigenvalue weighted by Crippen LogP contribution is 2.29. The summed E-state index contributed by atoms with van der Waals surface area (Å²) in [6.07, 6.45) is 0. The van der Waals surface area contributed by atoms with Gasteiger partial charge in [0.15, 0.2) is 5.13 Å².